The topological polar surface area (TPSA) is 308 Å². The van der Waals surface area contributed by atoms with Crippen molar-refractivity contribution in [2.75, 3.05) is 13.2 Å². The predicted molar refractivity (Wildman–Crippen MR) is 225 cm³/mol. The number of aromatic hydroxyl groups is 2. The van der Waals surface area contributed by atoms with Crippen molar-refractivity contribution in [3.05, 3.63) is 102 Å². The summed E-state index contributed by atoms with van der Waals surface area (Å²) in [6, 6.07) is 14.0. The molecule has 19 nitrogen and oxygen atoms in total. The lowest BCUT2D eigenvalue weighted by Crippen LogP contribution is -2.78. The molecule has 0 radical (unpaired) electrons. The fourth-order valence-electron chi connectivity index (χ4n) is 9.17. The Morgan fingerprint density at radius 2 is 1.80 bits per heavy atom. The summed E-state index contributed by atoms with van der Waals surface area (Å²) in [6.45, 7) is -0.547. The third kappa shape index (κ3) is 7.15. The van der Waals surface area contributed by atoms with Gasteiger partial charge < -0.3 is 69.6 Å². The smallest absolute Gasteiger partial charge is 0.336 e. The highest BCUT2D eigenvalue weighted by molar-refractivity contribution is 6.15. The Morgan fingerprint density at radius 1 is 1.03 bits per heavy atom. The van der Waals surface area contributed by atoms with E-state index < -0.39 is 83.6 Å². The summed E-state index contributed by atoms with van der Waals surface area (Å²) in [6.07, 6.45) is 0.334. The van der Waals surface area contributed by atoms with Crippen molar-refractivity contribution in [3.8, 4) is 34.5 Å². The SMILES string of the molecule is [NH2+]=C1C=CC([C@@H](O)[C@H](CO)Oc2ccc(C3C=C(O)c4c(cc(O[C@@H]5O[C@H](C(=O)O)[C@]6(O)[C@H](C7=NC=NC7)C=C[C@@]5(O)[C@@H]6O)c(OC5(c6cccc(O)c6)CCCC5)c4O)O3)cc2)=N1. The molecular weight excluding hydrogens is 837 g/mol. The maximum Gasteiger partial charge on any atom is 0.336 e. The number of phenols is 2. The van der Waals surface area contributed by atoms with Gasteiger partial charge >= 0.3 is 11.8 Å². The zero-order chi connectivity index (χ0) is 45.1. The standard InChI is InChI=1S/C45H44N4O15/c46-34-11-10-27(49-34)36(53)33(20-50)60-25-8-6-22(7-9-25)30-17-29(52)35-31(61-30)18-32(38(37(35)54)64-43(13-1-2-14-43)23-4-3-5-24(51)16-23)62-42-44(58)15-12-26(28-19-47-21-48-28)45(59,41(44)57)39(63-42)40(55)56/h3-12,15-18,21,26,30,33,36,39,41-42,46,50-54,57-59H,1-2,13-14,19-20H2,(H,55,56)/p+1/t26-,30?,33-,36+,39+,41-,42+,44+,45+/m0/s1. The van der Waals surface area contributed by atoms with Crippen LogP contribution in [0.3, 0.4) is 0 Å². The molecule has 3 aromatic carbocycles. The van der Waals surface area contributed by atoms with Gasteiger partial charge in [-0.15, -0.1) is 0 Å². The Hall–Kier alpha value is -6.61. The number of benzene rings is 3. The van der Waals surface area contributed by atoms with Crippen LogP contribution in [0.2, 0.25) is 0 Å². The molecule has 2 bridgehead atoms. The Labute approximate surface area is 364 Å². The van der Waals surface area contributed by atoms with E-state index in [2.05, 4.69) is 15.0 Å². The van der Waals surface area contributed by atoms with Gasteiger partial charge in [0.2, 0.25) is 12.0 Å². The molecule has 4 aliphatic heterocycles. The average molecular weight is 882 g/mol. The lowest BCUT2D eigenvalue weighted by atomic mass is 9.64. The van der Waals surface area contributed by atoms with Crippen molar-refractivity contribution < 1.29 is 79.8 Å². The number of carbonyl (C=O) groups is 1. The minimum Gasteiger partial charge on any atom is -0.508 e. The number of nitrogens with zero attached hydrogens (tertiary/aromatic N) is 3. The van der Waals surface area contributed by atoms with E-state index in [9.17, 15) is 50.8 Å². The van der Waals surface area contributed by atoms with Gasteiger partial charge in [-0.25, -0.2) is 9.79 Å². The molecule has 0 aromatic heterocycles. The van der Waals surface area contributed by atoms with Crippen LogP contribution in [0.1, 0.15) is 48.5 Å². The van der Waals surface area contributed by atoms with Crippen molar-refractivity contribution in [3.63, 3.8) is 0 Å². The van der Waals surface area contributed by atoms with Crippen molar-refractivity contribution >= 4 is 35.3 Å². The van der Waals surface area contributed by atoms with Crippen molar-refractivity contribution in [1.29, 1.82) is 0 Å². The van der Waals surface area contributed by atoms with E-state index in [1.165, 1.54) is 48.8 Å². The summed E-state index contributed by atoms with van der Waals surface area (Å²) in [5.74, 6) is -4.50. The normalized spacial score (nSPS) is 29.5. The number of carboxylic acids is 1. The Morgan fingerprint density at radius 3 is 2.45 bits per heavy atom. The molecule has 0 amide bonds. The summed E-state index contributed by atoms with van der Waals surface area (Å²) < 4.78 is 31.1. The number of hydrogen-bond acceptors (Lipinski definition) is 16. The molecule has 1 unspecified atom stereocenters. The zero-order valence-corrected chi connectivity index (χ0v) is 33.8. The van der Waals surface area contributed by atoms with Crippen LogP contribution in [0.5, 0.6) is 34.5 Å². The van der Waals surface area contributed by atoms with E-state index in [0.717, 1.165) is 6.08 Å². The van der Waals surface area contributed by atoms with Crippen molar-refractivity contribution in [2.24, 2.45) is 20.9 Å². The van der Waals surface area contributed by atoms with Crippen LogP contribution in [0.15, 0.2) is 100.0 Å². The van der Waals surface area contributed by atoms with Crippen LogP contribution in [0.25, 0.3) is 5.76 Å². The van der Waals surface area contributed by atoms with E-state index >= 15 is 0 Å². The van der Waals surface area contributed by atoms with Gasteiger partial charge in [0.15, 0.2) is 41.1 Å². The number of carboxylic acid groups (broad SMARTS) is 1. The van der Waals surface area contributed by atoms with Gasteiger partial charge in [-0.3, -0.25) is 10.4 Å². The first-order chi connectivity index (χ1) is 30.6. The molecule has 64 heavy (non-hydrogen) atoms. The second-order valence-electron chi connectivity index (χ2n) is 16.4. The molecule has 1 saturated carbocycles. The second kappa shape index (κ2) is 16.2. The van der Waals surface area contributed by atoms with Gasteiger partial charge in [0.1, 0.15) is 58.3 Å². The molecule has 11 N–H and O–H groups in total. The van der Waals surface area contributed by atoms with E-state index in [0.29, 0.717) is 36.8 Å². The number of nitrogens with two attached hydrogens (primary N) is 1. The third-order valence-corrected chi connectivity index (χ3v) is 12.5. The van der Waals surface area contributed by atoms with Crippen LogP contribution < -0.4 is 24.4 Å². The largest absolute Gasteiger partial charge is 0.508 e. The Bertz CT molecular complexity index is 2570. The van der Waals surface area contributed by atoms with Crippen LogP contribution >= 0.6 is 0 Å². The number of fused-ring (bicyclic) bond motifs is 3. The van der Waals surface area contributed by atoms with Gasteiger partial charge in [0, 0.05) is 18.2 Å². The lowest BCUT2D eigenvalue weighted by molar-refractivity contribution is -0.337. The van der Waals surface area contributed by atoms with E-state index in [4.69, 9.17) is 29.1 Å². The summed E-state index contributed by atoms with van der Waals surface area (Å²) >= 11 is 0. The first-order valence-corrected chi connectivity index (χ1v) is 20.5. The molecule has 1 saturated heterocycles. The maximum atomic E-state index is 12.8. The zero-order valence-electron chi connectivity index (χ0n) is 33.8. The molecule has 9 rings (SSSR count). The van der Waals surface area contributed by atoms with Crippen LogP contribution in [0.4, 0.5) is 0 Å². The molecule has 334 valence electrons. The number of hydrogen-bond donors (Lipinski definition) is 10. The average Bonchev–Trinajstić information content (AvgIpc) is 4.08. The number of aliphatic carboxylic acids is 1. The fraction of sp³-hybridized carbons (Fsp3) is 0.356. The minimum atomic E-state index is -2.65. The highest BCUT2D eigenvalue weighted by atomic mass is 16.7. The molecule has 19 heteroatoms. The van der Waals surface area contributed by atoms with Gasteiger partial charge in [0.25, 0.3) is 0 Å². The highest BCUT2D eigenvalue weighted by Crippen LogP contribution is 2.56. The number of phenolic OH excluding ortho intramolecular Hbond substituents is 2. The minimum absolute atomic E-state index is 0.00308. The van der Waals surface area contributed by atoms with Gasteiger partial charge in [0.05, 0.1) is 24.8 Å². The first-order valence-electron chi connectivity index (χ1n) is 20.5. The molecule has 0 spiro atoms. The van der Waals surface area contributed by atoms with E-state index in [1.807, 2.05) is 0 Å². The molecule has 3 aromatic rings. The van der Waals surface area contributed by atoms with Crippen LogP contribution in [0, 0.1) is 5.92 Å². The maximum absolute atomic E-state index is 12.8. The number of rotatable bonds is 13. The molecule has 4 heterocycles. The van der Waals surface area contributed by atoms with Gasteiger partial charge in [-0.2, -0.15) is 0 Å². The molecule has 2 aliphatic carbocycles. The quantitative estimate of drug-likeness (QED) is 0.107. The monoisotopic (exact) mass is 881 g/mol. The van der Waals surface area contributed by atoms with Crippen LogP contribution in [-0.2, 0) is 15.1 Å². The number of aliphatic hydroxyl groups is 6. The lowest BCUT2D eigenvalue weighted by Gasteiger charge is -2.55. The molecule has 9 atom stereocenters. The predicted octanol–water partition coefficient (Wildman–Crippen LogP) is 0.928. The van der Waals surface area contributed by atoms with Crippen molar-refractivity contribution in [1.82, 2.24) is 0 Å². The van der Waals surface area contributed by atoms with Gasteiger partial charge in [-0.1, -0.05) is 30.3 Å². The highest BCUT2D eigenvalue weighted by Gasteiger charge is 2.70. The summed E-state index contributed by atoms with van der Waals surface area (Å²) in [5.41, 5.74) is -5.15. The molecule has 2 fully saturated rings. The number of aliphatic hydroxyl groups excluding tert-OH is 4. The van der Waals surface area contributed by atoms with Gasteiger partial charge in [-0.05, 0) is 78.2 Å². The summed E-state index contributed by atoms with van der Waals surface area (Å²) in [5, 5.41) is 107. The van der Waals surface area contributed by atoms with E-state index in [-0.39, 0.29) is 58.1 Å². The summed E-state index contributed by atoms with van der Waals surface area (Å²) in [4.78, 5) is 25.0. The summed E-state index contributed by atoms with van der Waals surface area (Å²) in [7, 11) is 0. The molecular formula is C45H45N4O15+. The van der Waals surface area contributed by atoms with Crippen LogP contribution in [-0.4, -0.2) is 131 Å². The van der Waals surface area contributed by atoms with Crippen molar-refractivity contribution in [2.45, 2.75) is 79.3 Å². The molecule has 6 aliphatic rings. The Kier molecular flexibility index (Phi) is 10.8. The third-order valence-electron chi connectivity index (χ3n) is 12.5. The van der Waals surface area contributed by atoms with E-state index in [1.54, 1.807) is 36.4 Å². The number of amidine groups is 1. The number of ether oxygens (including phenoxy) is 5. The fourth-order valence-corrected chi connectivity index (χ4v) is 9.17. The Balaban J connectivity index is 1.08. The first kappa shape index (κ1) is 42.7. The number of aliphatic imine (C=N–C) groups is 3. The second-order valence-corrected chi connectivity index (χ2v) is 16.4.